The largest absolute Gasteiger partial charge is 0.465 e. The number of amides is 1. The Kier molecular flexibility index (Phi) is 4.16. The van der Waals surface area contributed by atoms with E-state index >= 15 is 0 Å². The van der Waals surface area contributed by atoms with Gasteiger partial charge in [-0.15, -0.1) is 0 Å². The maximum Gasteiger partial charge on any atom is 0.256 e. The first-order valence-electron chi connectivity index (χ1n) is 7.00. The molecule has 2 aromatic carbocycles. The number of furan rings is 1. The van der Waals surface area contributed by atoms with Crippen molar-refractivity contribution in [1.82, 2.24) is 0 Å². The minimum absolute atomic E-state index is 0.172. The SMILES string of the molecule is O=C(Nc1ccccc1)/C(=C/c1ccco1)c1ccccc1. The Bertz CT molecular complexity index is 760. The van der Waals surface area contributed by atoms with Gasteiger partial charge in [-0.3, -0.25) is 4.79 Å². The Morgan fingerprint density at radius 1 is 0.864 bits per heavy atom. The maximum atomic E-state index is 12.6. The van der Waals surface area contributed by atoms with Crippen LogP contribution in [-0.2, 0) is 4.79 Å². The second kappa shape index (κ2) is 6.59. The van der Waals surface area contributed by atoms with Gasteiger partial charge < -0.3 is 9.73 Å². The van der Waals surface area contributed by atoms with Gasteiger partial charge in [-0.2, -0.15) is 0 Å². The minimum Gasteiger partial charge on any atom is -0.465 e. The molecule has 0 atom stereocenters. The molecule has 1 amide bonds. The molecule has 0 aliphatic rings. The second-order valence-electron chi connectivity index (χ2n) is 4.76. The Balaban J connectivity index is 1.93. The van der Waals surface area contributed by atoms with E-state index in [9.17, 15) is 4.79 Å². The molecule has 1 N–H and O–H groups in total. The molecule has 3 nitrogen and oxygen atoms in total. The summed E-state index contributed by atoms with van der Waals surface area (Å²) in [6, 6.07) is 22.5. The zero-order valence-corrected chi connectivity index (χ0v) is 11.9. The van der Waals surface area contributed by atoms with Crippen molar-refractivity contribution < 1.29 is 9.21 Å². The average molecular weight is 289 g/mol. The van der Waals surface area contributed by atoms with Crippen molar-refractivity contribution in [3.05, 3.63) is 90.4 Å². The van der Waals surface area contributed by atoms with Gasteiger partial charge in [0.05, 0.1) is 11.8 Å². The third-order valence-electron chi connectivity index (χ3n) is 3.19. The molecule has 0 bridgehead atoms. The third kappa shape index (κ3) is 3.33. The minimum atomic E-state index is -0.172. The van der Waals surface area contributed by atoms with E-state index in [-0.39, 0.29) is 5.91 Å². The van der Waals surface area contributed by atoms with Crippen molar-refractivity contribution in [2.24, 2.45) is 0 Å². The lowest BCUT2D eigenvalue weighted by Gasteiger charge is -2.09. The van der Waals surface area contributed by atoms with Crippen LogP contribution < -0.4 is 5.32 Å². The van der Waals surface area contributed by atoms with Crippen molar-refractivity contribution in [2.75, 3.05) is 5.32 Å². The summed E-state index contributed by atoms with van der Waals surface area (Å²) in [6.07, 6.45) is 3.33. The monoisotopic (exact) mass is 289 g/mol. The highest BCUT2D eigenvalue weighted by atomic mass is 16.3. The number of carbonyl (C=O) groups is 1. The van der Waals surface area contributed by atoms with Crippen LogP contribution >= 0.6 is 0 Å². The number of hydrogen-bond acceptors (Lipinski definition) is 2. The molecule has 108 valence electrons. The lowest BCUT2D eigenvalue weighted by Crippen LogP contribution is -2.13. The average Bonchev–Trinajstić information content (AvgIpc) is 3.07. The molecular formula is C19H15NO2. The van der Waals surface area contributed by atoms with Crippen molar-refractivity contribution in [3.8, 4) is 0 Å². The fourth-order valence-electron chi connectivity index (χ4n) is 2.13. The number of benzene rings is 2. The van der Waals surface area contributed by atoms with Crippen LogP contribution in [0.3, 0.4) is 0 Å². The molecule has 0 fully saturated rings. The van der Waals surface area contributed by atoms with Gasteiger partial charge >= 0.3 is 0 Å². The van der Waals surface area contributed by atoms with Gasteiger partial charge in [0.1, 0.15) is 5.76 Å². The summed E-state index contributed by atoms with van der Waals surface area (Å²) in [4.78, 5) is 12.6. The van der Waals surface area contributed by atoms with E-state index in [1.54, 1.807) is 18.4 Å². The molecule has 22 heavy (non-hydrogen) atoms. The highest BCUT2D eigenvalue weighted by Crippen LogP contribution is 2.20. The van der Waals surface area contributed by atoms with Crippen LogP contribution in [0.1, 0.15) is 11.3 Å². The van der Waals surface area contributed by atoms with E-state index in [0.717, 1.165) is 11.3 Å². The van der Waals surface area contributed by atoms with E-state index in [4.69, 9.17) is 4.42 Å². The zero-order chi connectivity index (χ0) is 15.2. The maximum absolute atomic E-state index is 12.6. The number of hydrogen-bond donors (Lipinski definition) is 1. The number of nitrogens with one attached hydrogen (secondary N) is 1. The Morgan fingerprint density at radius 3 is 2.18 bits per heavy atom. The van der Waals surface area contributed by atoms with E-state index < -0.39 is 0 Å². The van der Waals surface area contributed by atoms with Crippen LogP contribution in [0.15, 0.2) is 83.5 Å². The van der Waals surface area contributed by atoms with E-state index in [0.29, 0.717) is 11.3 Å². The van der Waals surface area contributed by atoms with Crippen LogP contribution in [0.5, 0.6) is 0 Å². The fraction of sp³-hybridized carbons (Fsp3) is 0. The molecule has 0 unspecified atom stereocenters. The first kappa shape index (κ1) is 13.9. The number of rotatable bonds is 4. The molecular weight excluding hydrogens is 274 g/mol. The summed E-state index contributed by atoms with van der Waals surface area (Å²) >= 11 is 0. The Morgan fingerprint density at radius 2 is 1.55 bits per heavy atom. The molecule has 3 heteroatoms. The Hall–Kier alpha value is -3.07. The predicted octanol–water partition coefficient (Wildman–Crippen LogP) is 4.46. The topological polar surface area (TPSA) is 42.2 Å². The summed E-state index contributed by atoms with van der Waals surface area (Å²) in [5.41, 5.74) is 2.15. The number of para-hydroxylation sites is 1. The molecule has 3 rings (SSSR count). The van der Waals surface area contributed by atoms with Gasteiger partial charge in [-0.1, -0.05) is 48.5 Å². The molecule has 1 heterocycles. The van der Waals surface area contributed by atoms with E-state index in [1.807, 2.05) is 66.7 Å². The third-order valence-corrected chi connectivity index (χ3v) is 3.19. The molecule has 0 radical (unpaired) electrons. The summed E-state index contributed by atoms with van der Waals surface area (Å²) in [5.74, 6) is 0.468. The van der Waals surface area contributed by atoms with Crippen molar-refractivity contribution >= 4 is 23.2 Å². The van der Waals surface area contributed by atoms with Crippen LogP contribution in [0, 0.1) is 0 Å². The number of carbonyl (C=O) groups excluding carboxylic acids is 1. The zero-order valence-electron chi connectivity index (χ0n) is 11.9. The van der Waals surface area contributed by atoms with Gasteiger partial charge in [0, 0.05) is 5.69 Å². The van der Waals surface area contributed by atoms with Crippen LogP contribution in [-0.4, -0.2) is 5.91 Å². The molecule has 0 aliphatic carbocycles. The Labute approximate surface area is 128 Å². The van der Waals surface area contributed by atoms with E-state index in [1.165, 1.54) is 0 Å². The summed E-state index contributed by atoms with van der Waals surface area (Å²) < 4.78 is 5.33. The van der Waals surface area contributed by atoms with Gasteiger partial charge in [0.2, 0.25) is 0 Å². The number of anilines is 1. The van der Waals surface area contributed by atoms with E-state index in [2.05, 4.69) is 5.32 Å². The van der Waals surface area contributed by atoms with Crippen LogP contribution in [0.4, 0.5) is 5.69 Å². The first-order valence-corrected chi connectivity index (χ1v) is 7.00. The quantitative estimate of drug-likeness (QED) is 0.720. The van der Waals surface area contributed by atoms with Crippen molar-refractivity contribution in [2.45, 2.75) is 0 Å². The first-order chi connectivity index (χ1) is 10.8. The summed E-state index contributed by atoms with van der Waals surface area (Å²) in [6.45, 7) is 0. The summed E-state index contributed by atoms with van der Waals surface area (Å²) in [5, 5.41) is 2.90. The van der Waals surface area contributed by atoms with Gasteiger partial charge in [-0.25, -0.2) is 0 Å². The smallest absolute Gasteiger partial charge is 0.256 e. The second-order valence-corrected chi connectivity index (χ2v) is 4.76. The normalized spacial score (nSPS) is 11.2. The van der Waals surface area contributed by atoms with Gasteiger partial charge in [0.15, 0.2) is 0 Å². The van der Waals surface area contributed by atoms with Crippen molar-refractivity contribution in [3.63, 3.8) is 0 Å². The lowest BCUT2D eigenvalue weighted by atomic mass is 10.0. The highest BCUT2D eigenvalue weighted by Gasteiger charge is 2.13. The van der Waals surface area contributed by atoms with Crippen molar-refractivity contribution in [1.29, 1.82) is 0 Å². The van der Waals surface area contributed by atoms with Crippen LogP contribution in [0.25, 0.3) is 11.6 Å². The molecule has 0 aliphatic heterocycles. The molecule has 0 saturated heterocycles. The predicted molar refractivity (Wildman–Crippen MR) is 88.1 cm³/mol. The van der Waals surface area contributed by atoms with Crippen LogP contribution in [0.2, 0.25) is 0 Å². The molecule has 0 saturated carbocycles. The molecule has 0 spiro atoms. The standard InChI is InChI=1S/C19H15NO2/c21-19(20-16-10-5-2-6-11-16)18(14-17-12-7-13-22-17)15-8-3-1-4-9-15/h1-14H,(H,20,21)/b18-14+. The summed E-state index contributed by atoms with van der Waals surface area (Å²) in [7, 11) is 0. The highest BCUT2D eigenvalue weighted by molar-refractivity contribution is 6.29. The fourth-order valence-corrected chi connectivity index (χ4v) is 2.13. The molecule has 3 aromatic rings. The van der Waals surface area contributed by atoms with Gasteiger partial charge in [0.25, 0.3) is 5.91 Å². The molecule has 1 aromatic heterocycles. The van der Waals surface area contributed by atoms with Gasteiger partial charge in [-0.05, 0) is 35.9 Å². The lowest BCUT2D eigenvalue weighted by molar-refractivity contribution is -0.111.